The molecule has 0 atom stereocenters. The molecule has 18 heavy (non-hydrogen) atoms. The van der Waals surface area contributed by atoms with Gasteiger partial charge in [0.1, 0.15) is 5.82 Å². The Labute approximate surface area is 107 Å². The molecular formula is C14H19FN2O. The van der Waals surface area contributed by atoms with Crippen molar-refractivity contribution in [2.24, 2.45) is 0 Å². The lowest BCUT2D eigenvalue weighted by atomic mass is 10.2. The Kier molecular flexibility index (Phi) is 4.18. The van der Waals surface area contributed by atoms with Crippen molar-refractivity contribution in [3.05, 3.63) is 29.6 Å². The van der Waals surface area contributed by atoms with Gasteiger partial charge in [0.15, 0.2) is 0 Å². The molecule has 1 fully saturated rings. The second kappa shape index (κ2) is 5.85. The summed E-state index contributed by atoms with van der Waals surface area (Å²) in [6, 6.07) is 4.84. The first-order valence-electron chi connectivity index (χ1n) is 6.49. The smallest absolute Gasteiger partial charge is 0.321 e. The highest BCUT2D eigenvalue weighted by molar-refractivity contribution is 5.89. The van der Waals surface area contributed by atoms with E-state index in [0.717, 1.165) is 25.9 Å². The number of halogens is 1. The minimum atomic E-state index is -0.347. The second-order valence-corrected chi connectivity index (χ2v) is 4.77. The van der Waals surface area contributed by atoms with Crippen LogP contribution in [0.5, 0.6) is 0 Å². The maximum atomic E-state index is 13.8. The van der Waals surface area contributed by atoms with Gasteiger partial charge in [-0.25, -0.2) is 9.18 Å². The fraction of sp³-hybridized carbons (Fsp3) is 0.500. The molecule has 0 aliphatic carbocycles. The Hall–Kier alpha value is -1.58. The van der Waals surface area contributed by atoms with E-state index in [0.29, 0.717) is 5.56 Å². The zero-order valence-electron chi connectivity index (χ0n) is 10.7. The molecule has 2 rings (SSSR count). The summed E-state index contributed by atoms with van der Waals surface area (Å²) in [4.78, 5) is 13.8. The van der Waals surface area contributed by atoms with Crippen LogP contribution in [0.15, 0.2) is 18.2 Å². The summed E-state index contributed by atoms with van der Waals surface area (Å²) in [5.74, 6) is -0.347. The van der Waals surface area contributed by atoms with Crippen LogP contribution in [0, 0.1) is 12.7 Å². The number of nitrogens with zero attached hydrogens (tertiary/aromatic N) is 1. The highest BCUT2D eigenvalue weighted by Gasteiger charge is 2.16. The number of aryl methyl sites for hydroxylation is 1. The van der Waals surface area contributed by atoms with Gasteiger partial charge in [-0.15, -0.1) is 0 Å². The first-order valence-corrected chi connectivity index (χ1v) is 6.49. The summed E-state index contributed by atoms with van der Waals surface area (Å²) in [6.45, 7) is 3.22. The number of carbonyl (C=O) groups excluding carboxylic acids is 1. The number of hydrogen-bond donors (Lipinski definition) is 1. The Morgan fingerprint density at radius 1 is 1.22 bits per heavy atom. The van der Waals surface area contributed by atoms with Gasteiger partial charge >= 0.3 is 6.03 Å². The first kappa shape index (κ1) is 12.9. The lowest BCUT2D eigenvalue weighted by Gasteiger charge is -2.21. The monoisotopic (exact) mass is 250 g/mol. The molecule has 1 aliphatic heterocycles. The van der Waals surface area contributed by atoms with Gasteiger partial charge in [-0.2, -0.15) is 0 Å². The Morgan fingerprint density at radius 3 is 2.56 bits per heavy atom. The lowest BCUT2D eigenvalue weighted by molar-refractivity contribution is 0.213. The maximum Gasteiger partial charge on any atom is 0.321 e. The number of hydrogen-bond acceptors (Lipinski definition) is 1. The van der Waals surface area contributed by atoms with E-state index in [4.69, 9.17) is 0 Å². The maximum absolute atomic E-state index is 13.8. The number of carbonyl (C=O) groups is 1. The average Bonchev–Trinajstić information content (AvgIpc) is 2.63. The minimum absolute atomic E-state index is 0.193. The van der Waals surface area contributed by atoms with Crippen molar-refractivity contribution in [1.82, 2.24) is 4.90 Å². The van der Waals surface area contributed by atoms with Crippen molar-refractivity contribution in [2.45, 2.75) is 32.6 Å². The number of urea groups is 1. The van der Waals surface area contributed by atoms with E-state index in [-0.39, 0.29) is 17.5 Å². The van der Waals surface area contributed by atoms with Crippen molar-refractivity contribution in [3.8, 4) is 0 Å². The van der Waals surface area contributed by atoms with Crippen LogP contribution in [-0.4, -0.2) is 24.0 Å². The molecule has 0 unspecified atom stereocenters. The number of benzene rings is 1. The predicted molar refractivity (Wildman–Crippen MR) is 70.2 cm³/mol. The fourth-order valence-corrected chi connectivity index (χ4v) is 2.21. The van der Waals surface area contributed by atoms with Crippen LogP contribution < -0.4 is 5.32 Å². The molecule has 98 valence electrons. The standard InChI is InChI=1S/C14H19FN2O/c1-11-7-6-8-12(13(11)15)16-14(18)17-9-4-2-3-5-10-17/h6-8H,2-5,9-10H2,1H3,(H,16,18). The molecule has 1 N–H and O–H groups in total. The number of likely N-dealkylation sites (tertiary alicyclic amines) is 1. The molecule has 1 aromatic rings. The molecule has 0 spiro atoms. The van der Waals surface area contributed by atoms with E-state index < -0.39 is 0 Å². The highest BCUT2D eigenvalue weighted by atomic mass is 19.1. The molecule has 0 aromatic heterocycles. The zero-order valence-corrected chi connectivity index (χ0v) is 10.7. The third-order valence-electron chi connectivity index (χ3n) is 3.33. The van der Waals surface area contributed by atoms with Crippen molar-refractivity contribution in [1.29, 1.82) is 0 Å². The highest BCUT2D eigenvalue weighted by Crippen LogP contribution is 2.18. The van der Waals surface area contributed by atoms with Gasteiger partial charge in [0.05, 0.1) is 5.69 Å². The number of anilines is 1. The van der Waals surface area contributed by atoms with Crippen LogP contribution in [-0.2, 0) is 0 Å². The van der Waals surface area contributed by atoms with E-state index in [9.17, 15) is 9.18 Å². The van der Waals surface area contributed by atoms with E-state index >= 15 is 0 Å². The largest absolute Gasteiger partial charge is 0.325 e. The zero-order chi connectivity index (χ0) is 13.0. The summed E-state index contributed by atoms with van der Waals surface area (Å²) in [7, 11) is 0. The molecule has 1 aromatic carbocycles. The third kappa shape index (κ3) is 3.00. The van der Waals surface area contributed by atoms with Gasteiger partial charge in [0, 0.05) is 13.1 Å². The molecule has 0 radical (unpaired) electrons. The van der Waals surface area contributed by atoms with E-state index in [2.05, 4.69) is 5.32 Å². The summed E-state index contributed by atoms with van der Waals surface area (Å²) >= 11 is 0. The quantitative estimate of drug-likeness (QED) is 0.812. The van der Waals surface area contributed by atoms with E-state index in [1.165, 1.54) is 12.8 Å². The molecular weight excluding hydrogens is 231 g/mol. The third-order valence-corrected chi connectivity index (χ3v) is 3.33. The summed E-state index contributed by atoms with van der Waals surface area (Å²) in [6.07, 6.45) is 4.40. The van der Waals surface area contributed by atoms with Gasteiger partial charge in [-0.3, -0.25) is 0 Å². The average molecular weight is 250 g/mol. The predicted octanol–water partition coefficient (Wildman–Crippen LogP) is 3.54. The van der Waals surface area contributed by atoms with Crippen LogP contribution in [0.2, 0.25) is 0 Å². The summed E-state index contributed by atoms with van der Waals surface area (Å²) in [5, 5.41) is 2.66. The van der Waals surface area contributed by atoms with Crippen molar-refractivity contribution >= 4 is 11.7 Å². The summed E-state index contributed by atoms with van der Waals surface area (Å²) in [5.41, 5.74) is 0.813. The summed E-state index contributed by atoms with van der Waals surface area (Å²) < 4.78 is 13.8. The first-order chi connectivity index (χ1) is 8.68. The Morgan fingerprint density at radius 2 is 1.89 bits per heavy atom. The van der Waals surface area contributed by atoms with Gasteiger partial charge in [-0.05, 0) is 31.4 Å². The van der Waals surface area contributed by atoms with Crippen LogP contribution in [0.25, 0.3) is 0 Å². The Balaban J connectivity index is 2.03. The van der Waals surface area contributed by atoms with Crippen molar-refractivity contribution in [3.63, 3.8) is 0 Å². The van der Waals surface area contributed by atoms with Crippen LogP contribution in [0.4, 0.5) is 14.9 Å². The van der Waals surface area contributed by atoms with Crippen LogP contribution >= 0.6 is 0 Å². The molecule has 0 saturated carbocycles. The lowest BCUT2D eigenvalue weighted by Crippen LogP contribution is -2.35. The molecule has 4 heteroatoms. The van der Waals surface area contributed by atoms with E-state index in [1.54, 1.807) is 30.0 Å². The number of nitrogens with one attached hydrogen (secondary N) is 1. The molecule has 1 heterocycles. The Bertz CT molecular complexity index is 426. The van der Waals surface area contributed by atoms with Gasteiger partial charge < -0.3 is 10.2 Å². The van der Waals surface area contributed by atoms with Crippen LogP contribution in [0.1, 0.15) is 31.2 Å². The fourth-order valence-electron chi connectivity index (χ4n) is 2.21. The molecule has 2 amide bonds. The van der Waals surface area contributed by atoms with E-state index in [1.807, 2.05) is 0 Å². The van der Waals surface area contributed by atoms with Crippen molar-refractivity contribution < 1.29 is 9.18 Å². The molecule has 1 aliphatic rings. The SMILES string of the molecule is Cc1cccc(NC(=O)N2CCCCCC2)c1F. The second-order valence-electron chi connectivity index (χ2n) is 4.77. The van der Waals surface area contributed by atoms with Crippen LogP contribution in [0.3, 0.4) is 0 Å². The van der Waals surface area contributed by atoms with Gasteiger partial charge in [0.2, 0.25) is 0 Å². The number of amides is 2. The molecule has 1 saturated heterocycles. The van der Waals surface area contributed by atoms with Crippen molar-refractivity contribution in [2.75, 3.05) is 18.4 Å². The normalized spacial score (nSPS) is 16.2. The molecule has 3 nitrogen and oxygen atoms in total. The number of rotatable bonds is 1. The molecule has 0 bridgehead atoms. The topological polar surface area (TPSA) is 32.3 Å². The minimum Gasteiger partial charge on any atom is -0.325 e. The van der Waals surface area contributed by atoms with Gasteiger partial charge in [0.25, 0.3) is 0 Å². The van der Waals surface area contributed by atoms with Gasteiger partial charge in [-0.1, -0.05) is 25.0 Å².